The molecule has 3 nitrogen and oxygen atoms in total. The SMILES string of the molecule is CCCCCCCCn1c2cc(C)ccc2c2ccc(-c3ccc(-c4ccc(-c5ccc(C)s5)c5nc(-c6ccc(CCCC)cc6)c(-c6ccc(CCCC)cc6)nc45)s3)cc21. The number of fused-ring (bicyclic) bond motifs is 4. The highest BCUT2D eigenvalue weighted by molar-refractivity contribution is 7.19. The van der Waals surface area contributed by atoms with E-state index in [1.807, 2.05) is 22.7 Å². The molecule has 0 fully saturated rings. The van der Waals surface area contributed by atoms with Gasteiger partial charge < -0.3 is 4.57 Å². The molecule has 0 aliphatic carbocycles. The summed E-state index contributed by atoms with van der Waals surface area (Å²) in [5, 5.41) is 2.69. The Labute approximate surface area is 382 Å². The Kier molecular flexibility index (Phi) is 13.3. The van der Waals surface area contributed by atoms with Gasteiger partial charge in [-0.15, -0.1) is 22.7 Å². The van der Waals surface area contributed by atoms with Crippen molar-refractivity contribution in [3.8, 4) is 53.8 Å². The summed E-state index contributed by atoms with van der Waals surface area (Å²) < 4.78 is 2.60. The van der Waals surface area contributed by atoms with Crippen LogP contribution in [0.1, 0.15) is 107 Å². The van der Waals surface area contributed by atoms with Crippen LogP contribution in [0.25, 0.3) is 86.7 Å². The molecule has 0 radical (unpaired) electrons. The van der Waals surface area contributed by atoms with Crippen molar-refractivity contribution in [3.05, 3.63) is 143 Å². The first kappa shape index (κ1) is 42.9. The number of aryl methyl sites for hydroxylation is 5. The van der Waals surface area contributed by atoms with E-state index in [-0.39, 0.29) is 0 Å². The summed E-state index contributed by atoms with van der Waals surface area (Å²) in [6.07, 6.45) is 14.7. The fourth-order valence-corrected chi connectivity index (χ4v) is 11.1. The standard InChI is InChI=1S/C58H61N3S2/c1-6-9-12-13-14-15-36-61-50-37-39(4)18-29-46(50)47-30-28-45(38-51(47)61)52-34-35-54(63-52)49-32-31-48(53-33-19-40(5)62-53)57-58(49)60-56(44-26-22-42(23-27-44)17-11-8-3)55(59-57)43-24-20-41(21-25-43)16-10-7-2/h18-35,37-38H,6-17,36H2,1-5H3. The maximum atomic E-state index is 5.72. The van der Waals surface area contributed by atoms with E-state index in [0.717, 1.165) is 64.1 Å². The van der Waals surface area contributed by atoms with Crippen LogP contribution in [-0.2, 0) is 19.4 Å². The van der Waals surface area contributed by atoms with Crippen molar-refractivity contribution in [1.82, 2.24) is 14.5 Å². The highest BCUT2D eigenvalue weighted by atomic mass is 32.1. The Morgan fingerprint density at radius 1 is 0.444 bits per heavy atom. The van der Waals surface area contributed by atoms with Crippen molar-refractivity contribution >= 4 is 55.5 Å². The minimum atomic E-state index is 0.933. The van der Waals surface area contributed by atoms with E-state index < -0.39 is 0 Å². The largest absolute Gasteiger partial charge is 0.340 e. The normalized spacial score (nSPS) is 11.8. The van der Waals surface area contributed by atoms with E-state index in [4.69, 9.17) is 9.97 Å². The molecule has 63 heavy (non-hydrogen) atoms. The predicted molar refractivity (Wildman–Crippen MR) is 276 cm³/mol. The molecule has 0 saturated carbocycles. The quantitative estimate of drug-likeness (QED) is 0.0805. The lowest BCUT2D eigenvalue weighted by molar-refractivity contribution is 0.571. The van der Waals surface area contributed by atoms with Gasteiger partial charge in [-0.25, -0.2) is 9.97 Å². The Bertz CT molecular complexity index is 2980. The molecule has 0 spiro atoms. The van der Waals surface area contributed by atoms with Crippen molar-refractivity contribution < 1.29 is 0 Å². The molecule has 9 rings (SSSR count). The molecule has 9 aromatic rings. The van der Waals surface area contributed by atoms with Gasteiger partial charge in [-0.3, -0.25) is 0 Å². The van der Waals surface area contributed by atoms with Gasteiger partial charge in [-0.2, -0.15) is 0 Å². The molecule has 0 unspecified atom stereocenters. The van der Waals surface area contributed by atoms with Crippen LogP contribution in [0.5, 0.6) is 0 Å². The molecule has 0 amide bonds. The first-order chi connectivity index (χ1) is 30.9. The van der Waals surface area contributed by atoms with Gasteiger partial charge in [0, 0.05) is 70.1 Å². The minimum Gasteiger partial charge on any atom is -0.340 e. The first-order valence-electron chi connectivity index (χ1n) is 23.7. The van der Waals surface area contributed by atoms with E-state index in [1.165, 1.54) is 128 Å². The number of benzene rings is 5. The lowest BCUT2D eigenvalue weighted by atomic mass is 9.98. The number of unbranched alkanes of at least 4 members (excludes halogenated alkanes) is 7. The Morgan fingerprint density at radius 2 is 0.952 bits per heavy atom. The number of nitrogens with zero attached hydrogens (tertiary/aromatic N) is 3. The minimum absolute atomic E-state index is 0.933. The maximum Gasteiger partial charge on any atom is 0.0988 e. The maximum absolute atomic E-state index is 5.72. The molecule has 320 valence electrons. The average Bonchev–Trinajstić information content (AvgIpc) is 4.06. The van der Waals surface area contributed by atoms with Gasteiger partial charge in [0.05, 0.1) is 22.4 Å². The molecule has 0 atom stereocenters. The Hall–Kier alpha value is -5.36. The monoisotopic (exact) mass is 863 g/mol. The fraction of sp³-hybridized carbons (Fsp3) is 0.310. The smallest absolute Gasteiger partial charge is 0.0988 e. The van der Waals surface area contributed by atoms with E-state index in [9.17, 15) is 0 Å². The van der Waals surface area contributed by atoms with Crippen LogP contribution in [0.2, 0.25) is 0 Å². The first-order valence-corrected chi connectivity index (χ1v) is 25.3. The van der Waals surface area contributed by atoms with Gasteiger partial charge in [0.2, 0.25) is 0 Å². The number of thiophene rings is 2. The topological polar surface area (TPSA) is 30.7 Å². The highest BCUT2D eigenvalue weighted by Gasteiger charge is 2.21. The van der Waals surface area contributed by atoms with Crippen LogP contribution >= 0.6 is 22.7 Å². The summed E-state index contributed by atoms with van der Waals surface area (Å²) in [5.41, 5.74) is 16.2. The van der Waals surface area contributed by atoms with Crippen molar-refractivity contribution in [3.63, 3.8) is 0 Å². The van der Waals surface area contributed by atoms with Crippen LogP contribution in [0.3, 0.4) is 0 Å². The van der Waals surface area contributed by atoms with Crippen molar-refractivity contribution in [2.24, 2.45) is 0 Å². The molecule has 0 N–H and O–H groups in total. The van der Waals surface area contributed by atoms with Gasteiger partial charge in [0.1, 0.15) is 0 Å². The van der Waals surface area contributed by atoms with Gasteiger partial charge >= 0.3 is 0 Å². The number of hydrogen-bond acceptors (Lipinski definition) is 4. The Morgan fingerprint density at radius 3 is 1.54 bits per heavy atom. The van der Waals surface area contributed by atoms with Crippen LogP contribution in [0, 0.1) is 13.8 Å². The third-order valence-corrected chi connectivity index (χ3v) is 15.0. The molecule has 0 aliphatic rings. The molecule has 5 aromatic carbocycles. The Balaban J connectivity index is 1.16. The van der Waals surface area contributed by atoms with Crippen LogP contribution in [-0.4, -0.2) is 14.5 Å². The zero-order valence-electron chi connectivity index (χ0n) is 37.9. The summed E-state index contributed by atoms with van der Waals surface area (Å²) in [5.74, 6) is 0. The summed E-state index contributed by atoms with van der Waals surface area (Å²) >= 11 is 3.68. The van der Waals surface area contributed by atoms with E-state index in [0.29, 0.717) is 0 Å². The third kappa shape index (κ3) is 9.19. The van der Waals surface area contributed by atoms with Gasteiger partial charge in [0.15, 0.2) is 0 Å². The highest BCUT2D eigenvalue weighted by Crippen LogP contribution is 2.44. The van der Waals surface area contributed by atoms with Gasteiger partial charge in [0.25, 0.3) is 0 Å². The summed E-state index contributed by atoms with van der Waals surface area (Å²) in [6, 6.07) is 45.9. The summed E-state index contributed by atoms with van der Waals surface area (Å²) in [6.45, 7) is 12.3. The summed E-state index contributed by atoms with van der Waals surface area (Å²) in [7, 11) is 0. The number of rotatable bonds is 18. The molecule has 4 aromatic heterocycles. The second-order valence-electron chi connectivity index (χ2n) is 17.6. The molecule has 0 aliphatic heterocycles. The van der Waals surface area contributed by atoms with Gasteiger partial charge in [-0.05, 0) is 105 Å². The second kappa shape index (κ2) is 19.6. The molecule has 5 heteroatoms. The van der Waals surface area contributed by atoms with E-state index >= 15 is 0 Å². The predicted octanol–water partition coefficient (Wildman–Crippen LogP) is 17.9. The van der Waals surface area contributed by atoms with Crippen molar-refractivity contribution in [2.45, 2.75) is 118 Å². The van der Waals surface area contributed by atoms with Crippen LogP contribution in [0.4, 0.5) is 0 Å². The molecule has 0 saturated heterocycles. The third-order valence-electron chi connectivity index (χ3n) is 12.8. The van der Waals surface area contributed by atoms with Gasteiger partial charge in [-0.1, -0.05) is 151 Å². The number of hydrogen-bond donors (Lipinski definition) is 0. The lowest BCUT2D eigenvalue weighted by Crippen LogP contribution is -1.99. The van der Waals surface area contributed by atoms with Crippen molar-refractivity contribution in [1.29, 1.82) is 0 Å². The van der Waals surface area contributed by atoms with Crippen LogP contribution in [0.15, 0.2) is 121 Å². The zero-order chi connectivity index (χ0) is 43.3. The van der Waals surface area contributed by atoms with Crippen molar-refractivity contribution in [2.75, 3.05) is 0 Å². The zero-order valence-corrected chi connectivity index (χ0v) is 39.5. The lowest BCUT2D eigenvalue weighted by Gasteiger charge is -2.15. The average molecular weight is 864 g/mol. The van der Waals surface area contributed by atoms with E-state index in [2.05, 4.69) is 161 Å². The molecular weight excluding hydrogens is 803 g/mol. The molecular formula is C58H61N3S2. The molecule has 4 heterocycles. The molecule has 0 bridgehead atoms. The fourth-order valence-electron chi connectivity index (χ4n) is 9.22. The number of aromatic nitrogens is 3. The van der Waals surface area contributed by atoms with Crippen LogP contribution < -0.4 is 0 Å². The second-order valence-corrected chi connectivity index (χ2v) is 20.0. The summed E-state index contributed by atoms with van der Waals surface area (Å²) in [4.78, 5) is 16.4. The van der Waals surface area contributed by atoms with E-state index in [1.54, 1.807) is 0 Å².